The van der Waals surface area contributed by atoms with E-state index in [1.165, 1.54) is 6.07 Å². The number of rotatable bonds is 3. The van der Waals surface area contributed by atoms with Gasteiger partial charge in [-0.2, -0.15) is 23.7 Å². The van der Waals surface area contributed by atoms with Gasteiger partial charge in [0, 0.05) is 19.3 Å². The lowest BCUT2D eigenvalue weighted by Gasteiger charge is -2.37. The summed E-state index contributed by atoms with van der Waals surface area (Å²) in [5, 5.41) is 20.2. The van der Waals surface area contributed by atoms with E-state index in [4.69, 9.17) is 15.3 Å². The molecule has 0 bridgehead atoms. The molecular formula is C17H17F3N4O. The molecule has 0 radical (unpaired) electrons. The van der Waals surface area contributed by atoms with E-state index >= 15 is 0 Å². The Bertz CT molecular complexity index is 720. The molecule has 1 aliphatic heterocycles. The summed E-state index contributed by atoms with van der Waals surface area (Å²) in [6, 6.07) is 6.71. The summed E-state index contributed by atoms with van der Waals surface area (Å²) in [6.07, 6.45) is -3.52. The van der Waals surface area contributed by atoms with Gasteiger partial charge in [-0.25, -0.2) is 0 Å². The van der Waals surface area contributed by atoms with Gasteiger partial charge in [0.15, 0.2) is 0 Å². The fourth-order valence-corrected chi connectivity index (χ4v) is 2.72. The Morgan fingerprint density at radius 3 is 2.36 bits per heavy atom. The number of hydrogen-bond donors (Lipinski definition) is 1. The quantitative estimate of drug-likeness (QED) is 0.842. The summed E-state index contributed by atoms with van der Waals surface area (Å²) in [6.45, 7) is 4.83. The van der Waals surface area contributed by atoms with Gasteiger partial charge in [0.2, 0.25) is 0 Å². The highest BCUT2D eigenvalue weighted by Gasteiger charge is 2.32. The molecule has 8 heteroatoms. The predicted octanol–water partition coefficient (Wildman–Crippen LogP) is 3.66. The van der Waals surface area contributed by atoms with E-state index < -0.39 is 11.7 Å². The molecule has 0 amide bonds. The largest absolute Gasteiger partial charge is 0.416 e. The van der Waals surface area contributed by atoms with Crippen LogP contribution < -0.4 is 10.2 Å². The first kappa shape index (κ1) is 18.6. The van der Waals surface area contributed by atoms with E-state index in [2.05, 4.69) is 5.32 Å². The van der Waals surface area contributed by atoms with Crippen LogP contribution in [-0.2, 0) is 10.9 Å². The molecule has 0 saturated carbocycles. The van der Waals surface area contributed by atoms with Crippen molar-refractivity contribution in [2.24, 2.45) is 0 Å². The second-order valence-electron chi connectivity index (χ2n) is 5.82. The minimum absolute atomic E-state index is 0.0665. The van der Waals surface area contributed by atoms with E-state index in [-0.39, 0.29) is 23.5 Å². The summed E-state index contributed by atoms with van der Waals surface area (Å²) in [5.41, 5.74) is -0.301. The standard InChI is InChI=1S/C17H17F3N4O/c1-11-9-24(10-12(2)25-11)16-4-3-14(17(18,19)20)5-15(16)23-8-13(6-21)7-22/h3-5,8,11-12,23H,9-10H2,1-2H3. The molecule has 2 atom stereocenters. The van der Waals surface area contributed by atoms with Gasteiger partial charge in [-0.1, -0.05) is 0 Å². The van der Waals surface area contributed by atoms with Crippen LogP contribution in [0.4, 0.5) is 24.5 Å². The highest BCUT2D eigenvalue weighted by Crippen LogP contribution is 2.36. The first-order valence-electron chi connectivity index (χ1n) is 7.63. The van der Waals surface area contributed by atoms with Crippen LogP contribution in [0.5, 0.6) is 0 Å². The molecule has 5 nitrogen and oxygen atoms in total. The van der Waals surface area contributed by atoms with Crippen LogP contribution in [0.25, 0.3) is 0 Å². The molecule has 1 aromatic carbocycles. The number of nitriles is 2. The molecule has 132 valence electrons. The van der Waals surface area contributed by atoms with Gasteiger partial charge in [0.25, 0.3) is 0 Å². The summed E-state index contributed by atoms with van der Waals surface area (Å²) < 4.78 is 44.7. The first-order valence-corrected chi connectivity index (χ1v) is 7.63. The van der Waals surface area contributed by atoms with Crippen molar-refractivity contribution in [3.63, 3.8) is 0 Å². The Balaban J connectivity index is 2.43. The van der Waals surface area contributed by atoms with Crippen LogP contribution >= 0.6 is 0 Å². The number of benzene rings is 1. The number of nitrogens with one attached hydrogen (secondary N) is 1. The van der Waals surface area contributed by atoms with E-state index in [1.54, 1.807) is 12.1 Å². The van der Waals surface area contributed by atoms with Gasteiger partial charge in [-0.15, -0.1) is 0 Å². The fourth-order valence-electron chi connectivity index (χ4n) is 2.72. The third-order valence-corrected chi connectivity index (χ3v) is 3.70. The number of alkyl halides is 3. The number of allylic oxidation sites excluding steroid dienone is 1. The molecule has 2 rings (SSSR count). The van der Waals surface area contributed by atoms with Crippen LogP contribution in [0.3, 0.4) is 0 Å². The first-order chi connectivity index (χ1) is 11.7. The smallest absolute Gasteiger partial charge is 0.372 e. The van der Waals surface area contributed by atoms with Gasteiger partial charge >= 0.3 is 6.18 Å². The molecule has 1 fully saturated rings. The summed E-state index contributed by atoms with van der Waals surface area (Å²) in [5.74, 6) is 0. The second kappa shape index (κ2) is 7.45. The van der Waals surface area contributed by atoms with Crippen molar-refractivity contribution in [2.45, 2.75) is 32.2 Å². The number of halogens is 3. The second-order valence-corrected chi connectivity index (χ2v) is 5.82. The molecule has 25 heavy (non-hydrogen) atoms. The Morgan fingerprint density at radius 1 is 1.24 bits per heavy atom. The van der Waals surface area contributed by atoms with Crippen LogP contribution in [0.1, 0.15) is 19.4 Å². The summed E-state index contributed by atoms with van der Waals surface area (Å²) >= 11 is 0. The SMILES string of the molecule is CC1CN(c2ccc(C(F)(F)F)cc2NC=C(C#N)C#N)CC(C)O1. The van der Waals surface area contributed by atoms with Crippen molar-refractivity contribution in [3.05, 3.63) is 35.5 Å². The van der Waals surface area contributed by atoms with E-state index in [0.29, 0.717) is 18.8 Å². The maximum absolute atomic E-state index is 13.0. The molecule has 1 aromatic rings. The fraction of sp³-hybridized carbons (Fsp3) is 0.412. The average Bonchev–Trinajstić information content (AvgIpc) is 2.54. The van der Waals surface area contributed by atoms with Crippen molar-refractivity contribution in [1.82, 2.24) is 0 Å². The number of hydrogen-bond acceptors (Lipinski definition) is 5. The number of ether oxygens (including phenoxy) is 1. The zero-order valence-corrected chi connectivity index (χ0v) is 13.8. The zero-order valence-electron chi connectivity index (χ0n) is 13.8. The average molecular weight is 350 g/mol. The molecule has 1 N–H and O–H groups in total. The van der Waals surface area contributed by atoms with Gasteiger partial charge in [0.05, 0.1) is 29.1 Å². The molecule has 0 aromatic heterocycles. The van der Waals surface area contributed by atoms with E-state index in [1.807, 2.05) is 18.7 Å². The molecule has 0 spiro atoms. The van der Waals surface area contributed by atoms with Crippen molar-refractivity contribution < 1.29 is 17.9 Å². The van der Waals surface area contributed by atoms with Crippen molar-refractivity contribution in [2.75, 3.05) is 23.3 Å². The Hall–Kier alpha value is -2.71. The minimum Gasteiger partial charge on any atom is -0.372 e. The van der Waals surface area contributed by atoms with E-state index in [9.17, 15) is 13.2 Å². The molecular weight excluding hydrogens is 333 g/mol. The van der Waals surface area contributed by atoms with Gasteiger partial charge in [-0.05, 0) is 32.0 Å². The lowest BCUT2D eigenvalue weighted by atomic mass is 10.1. The molecule has 2 unspecified atom stereocenters. The minimum atomic E-state index is -4.49. The predicted molar refractivity (Wildman–Crippen MR) is 86.6 cm³/mol. The zero-order chi connectivity index (χ0) is 18.6. The van der Waals surface area contributed by atoms with E-state index in [0.717, 1.165) is 18.3 Å². The molecule has 1 aliphatic rings. The summed E-state index contributed by atoms with van der Waals surface area (Å²) in [7, 11) is 0. The van der Waals surface area contributed by atoms with Crippen molar-refractivity contribution in [3.8, 4) is 12.1 Å². The maximum Gasteiger partial charge on any atom is 0.416 e. The Kier molecular flexibility index (Phi) is 5.55. The van der Waals surface area contributed by atoms with Gasteiger partial charge in [0.1, 0.15) is 17.7 Å². The third-order valence-electron chi connectivity index (χ3n) is 3.70. The van der Waals surface area contributed by atoms with Crippen LogP contribution in [0, 0.1) is 22.7 Å². The Labute approximate surface area is 143 Å². The number of anilines is 2. The van der Waals surface area contributed by atoms with Crippen LogP contribution in [-0.4, -0.2) is 25.3 Å². The highest BCUT2D eigenvalue weighted by atomic mass is 19.4. The third kappa shape index (κ3) is 4.65. The molecule has 1 saturated heterocycles. The van der Waals surface area contributed by atoms with Gasteiger partial charge in [-0.3, -0.25) is 0 Å². The summed E-state index contributed by atoms with van der Waals surface area (Å²) in [4.78, 5) is 1.92. The lowest BCUT2D eigenvalue weighted by molar-refractivity contribution is -0.137. The molecule has 1 heterocycles. The highest BCUT2D eigenvalue weighted by molar-refractivity contribution is 5.73. The number of morpholine rings is 1. The topological polar surface area (TPSA) is 72.1 Å². The Morgan fingerprint density at radius 2 is 1.84 bits per heavy atom. The monoisotopic (exact) mass is 350 g/mol. The van der Waals surface area contributed by atoms with Crippen LogP contribution in [0.15, 0.2) is 30.0 Å². The number of nitrogens with zero attached hydrogens (tertiary/aromatic N) is 3. The van der Waals surface area contributed by atoms with Crippen LogP contribution in [0.2, 0.25) is 0 Å². The maximum atomic E-state index is 13.0. The lowest BCUT2D eigenvalue weighted by Crippen LogP contribution is -2.45. The molecule has 0 aliphatic carbocycles. The van der Waals surface area contributed by atoms with Crippen molar-refractivity contribution >= 4 is 11.4 Å². The van der Waals surface area contributed by atoms with Gasteiger partial charge < -0.3 is 15.0 Å². The van der Waals surface area contributed by atoms with Crippen molar-refractivity contribution in [1.29, 1.82) is 10.5 Å². The normalized spacial score (nSPS) is 20.4.